The number of hydrogen-bond donors (Lipinski definition) is 2. The van der Waals surface area contributed by atoms with Crippen LogP contribution in [0, 0.1) is 16.7 Å². The number of aliphatic hydroxyl groups excluding tert-OH is 1. The van der Waals surface area contributed by atoms with Gasteiger partial charge in [0, 0.05) is 18.6 Å². The second-order valence-corrected chi connectivity index (χ2v) is 4.74. The molecule has 0 aliphatic rings. The molecule has 4 nitrogen and oxygen atoms in total. The van der Waals surface area contributed by atoms with Crippen LogP contribution in [-0.2, 0) is 0 Å². The fourth-order valence-electron chi connectivity index (χ4n) is 1.04. The van der Waals surface area contributed by atoms with Crippen molar-refractivity contribution >= 4 is 17.4 Å². The fourth-order valence-corrected chi connectivity index (χ4v) is 1.25. The number of rotatable bonds is 4. The van der Waals surface area contributed by atoms with E-state index in [9.17, 15) is 0 Å². The molecular weight excluding hydrogens is 226 g/mol. The number of nitrogens with zero attached hydrogens (tertiary/aromatic N) is 2. The molecule has 5 heteroatoms. The number of nitrogens with one attached hydrogen (secondary N) is 1. The Morgan fingerprint density at radius 2 is 2.25 bits per heavy atom. The number of aromatic nitrogens is 1. The summed E-state index contributed by atoms with van der Waals surface area (Å²) in [5, 5.41) is 21.2. The van der Waals surface area contributed by atoms with E-state index < -0.39 is 0 Å². The van der Waals surface area contributed by atoms with Crippen LogP contribution >= 0.6 is 11.6 Å². The fraction of sp³-hybridized carbons (Fsp3) is 0.455. The molecule has 16 heavy (non-hydrogen) atoms. The van der Waals surface area contributed by atoms with Crippen LogP contribution in [0.3, 0.4) is 0 Å². The lowest BCUT2D eigenvalue weighted by Crippen LogP contribution is -2.27. The predicted molar refractivity (Wildman–Crippen MR) is 63.3 cm³/mol. The van der Waals surface area contributed by atoms with Crippen LogP contribution in [0.2, 0.25) is 5.15 Å². The first-order valence-electron chi connectivity index (χ1n) is 4.89. The summed E-state index contributed by atoms with van der Waals surface area (Å²) in [5.74, 6) is 0.547. The first-order valence-corrected chi connectivity index (χ1v) is 5.27. The second-order valence-electron chi connectivity index (χ2n) is 4.35. The van der Waals surface area contributed by atoms with Gasteiger partial charge in [-0.05, 0) is 12.1 Å². The molecule has 1 heterocycles. The Balaban J connectivity index is 2.75. The van der Waals surface area contributed by atoms with Crippen molar-refractivity contribution in [3.05, 3.63) is 22.8 Å². The summed E-state index contributed by atoms with van der Waals surface area (Å²) < 4.78 is 0. The monoisotopic (exact) mass is 239 g/mol. The van der Waals surface area contributed by atoms with Gasteiger partial charge in [-0.25, -0.2) is 4.98 Å². The van der Waals surface area contributed by atoms with Gasteiger partial charge in [0.05, 0.1) is 11.6 Å². The number of nitriles is 1. The van der Waals surface area contributed by atoms with E-state index in [4.69, 9.17) is 22.0 Å². The Labute approximate surface area is 99.9 Å². The summed E-state index contributed by atoms with van der Waals surface area (Å²) in [6.45, 7) is 4.49. The van der Waals surface area contributed by atoms with Crippen LogP contribution in [0.4, 0.5) is 5.82 Å². The maximum absolute atomic E-state index is 9.09. The van der Waals surface area contributed by atoms with Crippen molar-refractivity contribution in [1.29, 1.82) is 5.26 Å². The summed E-state index contributed by atoms with van der Waals surface area (Å²) in [5.41, 5.74) is 0.223. The van der Waals surface area contributed by atoms with E-state index in [0.29, 0.717) is 17.9 Å². The van der Waals surface area contributed by atoms with Gasteiger partial charge in [0.15, 0.2) is 0 Å². The van der Waals surface area contributed by atoms with E-state index in [1.165, 1.54) is 6.07 Å². The molecule has 0 unspecified atom stereocenters. The van der Waals surface area contributed by atoms with Gasteiger partial charge < -0.3 is 10.4 Å². The number of aliphatic hydroxyl groups is 1. The summed E-state index contributed by atoms with van der Waals surface area (Å²) in [4.78, 5) is 4.04. The Bertz CT molecular complexity index is 412. The highest BCUT2D eigenvalue weighted by Gasteiger charge is 2.16. The molecule has 1 rings (SSSR count). The molecule has 86 valence electrons. The smallest absolute Gasteiger partial charge is 0.132 e. The van der Waals surface area contributed by atoms with Gasteiger partial charge in [-0.15, -0.1) is 0 Å². The molecule has 0 aromatic carbocycles. The van der Waals surface area contributed by atoms with E-state index >= 15 is 0 Å². The molecule has 2 N–H and O–H groups in total. The second kappa shape index (κ2) is 5.15. The first kappa shape index (κ1) is 12.8. The Morgan fingerprint density at radius 3 is 2.81 bits per heavy atom. The summed E-state index contributed by atoms with van der Waals surface area (Å²) in [6, 6.07) is 5.13. The molecule has 0 spiro atoms. The SMILES string of the molecule is CC(C)(CO)CNc1cc(C#N)cc(Cl)n1. The number of halogens is 1. The highest BCUT2D eigenvalue weighted by molar-refractivity contribution is 6.29. The molecule has 1 aromatic heterocycles. The topological polar surface area (TPSA) is 68.9 Å². The van der Waals surface area contributed by atoms with E-state index in [0.717, 1.165) is 0 Å². The summed E-state index contributed by atoms with van der Waals surface area (Å²) in [7, 11) is 0. The highest BCUT2D eigenvalue weighted by atomic mass is 35.5. The van der Waals surface area contributed by atoms with Crippen LogP contribution < -0.4 is 5.32 Å². The van der Waals surface area contributed by atoms with Gasteiger partial charge in [0.2, 0.25) is 0 Å². The predicted octanol–water partition coefficient (Wildman–Crippen LogP) is 2.04. The number of pyridine rings is 1. The van der Waals surface area contributed by atoms with Crippen molar-refractivity contribution in [3.63, 3.8) is 0 Å². The lowest BCUT2D eigenvalue weighted by atomic mass is 9.95. The molecule has 0 saturated carbocycles. The molecular formula is C11H14ClN3O. The summed E-state index contributed by atoms with van der Waals surface area (Å²) in [6.07, 6.45) is 0. The van der Waals surface area contributed by atoms with Gasteiger partial charge >= 0.3 is 0 Å². The van der Waals surface area contributed by atoms with Crippen molar-refractivity contribution in [1.82, 2.24) is 4.98 Å². The standard InChI is InChI=1S/C11H14ClN3O/c1-11(2,7-16)6-14-10-4-8(5-13)3-9(12)15-10/h3-4,16H,6-7H2,1-2H3,(H,14,15). The average molecular weight is 240 g/mol. The van der Waals surface area contributed by atoms with Crippen LogP contribution in [0.25, 0.3) is 0 Å². The molecule has 0 amide bonds. The lowest BCUT2D eigenvalue weighted by molar-refractivity contribution is 0.170. The van der Waals surface area contributed by atoms with Crippen LogP contribution in [0.1, 0.15) is 19.4 Å². The highest BCUT2D eigenvalue weighted by Crippen LogP contribution is 2.17. The van der Waals surface area contributed by atoms with Crippen molar-refractivity contribution in [3.8, 4) is 6.07 Å². The van der Waals surface area contributed by atoms with Crippen LogP contribution in [0.5, 0.6) is 0 Å². The van der Waals surface area contributed by atoms with Crippen LogP contribution in [-0.4, -0.2) is 23.2 Å². The minimum atomic E-state index is -0.239. The Morgan fingerprint density at radius 1 is 1.56 bits per heavy atom. The molecule has 1 aromatic rings. The normalized spacial score (nSPS) is 10.9. The van der Waals surface area contributed by atoms with Crippen molar-refractivity contribution in [2.75, 3.05) is 18.5 Å². The van der Waals surface area contributed by atoms with Gasteiger partial charge in [-0.3, -0.25) is 0 Å². The van der Waals surface area contributed by atoms with E-state index in [1.807, 2.05) is 19.9 Å². The number of anilines is 1. The quantitative estimate of drug-likeness (QED) is 0.789. The first-order chi connectivity index (χ1) is 7.46. The van der Waals surface area contributed by atoms with Crippen molar-refractivity contribution in [2.45, 2.75) is 13.8 Å². The molecule has 0 aliphatic carbocycles. The maximum atomic E-state index is 9.09. The summed E-state index contributed by atoms with van der Waals surface area (Å²) >= 11 is 5.76. The zero-order valence-electron chi connectivity index (χ0n) is 9.29. The third-order valence-electron chi connectivity index (χ3n) is 2.10. The van der Waals surface area contributed by atoms with E-state index in [2.05, 4.69) is 10.3 Å². The van der Waals surface area contributed by atoms with Gasteiger partial charge in [0.25, 0.3) is 0 Å². The maximum Gasteiger partial charge on any atom is 0.132 e. The molecule has 0 saturated heterocycles. The van der Waals surface area contributed by atoms with E-state index in [1.54, 1.807) is 6.07 Å². The van der Waals surface area contributed by atoms with Crippen LogP contribution in [0.15, 0.2) is 12.1 Å². The van der Waals surface area contributed by atoms with Gasteiger partial charge in [-0.1, -0.05) is 25.4 Å². The largest absolute Gasteiger partial charge is 0.396 e. The molecule has 0 radical (unpaired) electrons. The van der Waals surface area contributed by atoms with Crippen molar-refractivity contribution < 1.29 is 5.11 Å². The minimum absolute atomic E-state index is 0.0751. The average Bonchev–Trinajstić information content (AvgIpc) is 2.26. The molecule has 0 bridgehead atoms. The van der Waals surface area contributed by atoms with E-state index in [-0.39, 0.29) is 17.2 Å². The third-order valence-corrected chi connectivity index (χ3v) is 2.29. The molecule has 0 aliphatic heterocycles. The minimum Gasteiger partial charge on any atom is -0.396 e. The molecule has 0 atom stereocenters. The zero-order chi connectivity index (χ0) is 12.2. The number of hydrogen-bond acceptors (Lipinski definition) is 4. The zero-order valence-corrected chi connectivity index (χ0v) is 10.0. The molecule has 0 fully saturated rings. The Kier molecular flexibility index (Phi) is 4.11. The van der Waals surface area contributed by atoms with Gasteiger partial charge in [0.1, 0.15) is 11.0 Å². The third kappa shape index (κ3) is 3.69. The van der Waals surface area contributed by atoms with Gasteiger partial charge in [-0.2, -0.15) is 5.26 Å². The Hall–Kier alpha value is -1.31. The van der Waals surface area contributed by atoms with Crippen molar-refractivity contribution in [2.24, 2.45) is 5.41 Å². The lowest BCUT2D eigenvalue weighted by Gasteiger charge is -2.22.